The molecule has 2 atom stereocenters. The van der Waals surface area contributed by atoms with Crippen LogP contribution in [0, 0.1) is 22.7 Å². The summed E-state index contributed by atoms with van der Waals surface area (Å²) in [5, 5.41) is 22.3. The molecule has 2 N–H and O–H groups in total. The van der Waals surface area contributed by atoms with Crippen molar-refractivity contribution in [2.75, 3.05) is 13.2 Å². The van der Waals surface area contributed by atoms with Gasteiger partial charge >= 0.3 is 0 Å². The number of nitrogens with zero attached hydrogens (tertiary/aromatic N) is 1. The Bertz CT molecular complexity index is 489. The Morgan fingerprint density at radius 3 is 2.32 bits per heavy atom. The molecule has 0 fully saturated rings. The van der Waals surface area contributed by atoms with Gasteiger partial charge < -0.3 is 15.2 Å². The van der Waals surface area contributed by atoms with Crippen LogP contribution >= 0.6 is 0 Å². The van der Waals surface area contributed by atoms with E-state index in [1.165, 1.54) is 0 Å². The van der Waals surface area contributed by atoms with Gasteiger partial charge in [-0.1, -0.05) is 39.8 Å². The summed E-state index contributed by atoms with van der Waals surface area (Å²) in [6.07, 6.45) is -0.339. The molecule has 0 aliphatic rings. The van der Waals surface area contributed by atoms with E-state index in [-0.39, 0.29) is 30.1 Å². The van der Waals surface area contributed by atoms with Crippen molar-refractivity contribution in [1.82, 2.24) is 5.32 Å². The van der Waals surface area contributed by atoms with E-state index in [4.69, 9.17) is 10.00 Å². The number of hydrogen-bond acceptors (Lipinski definition) is 4. The molecule has 0 aromatic heterocycles. The Labute approximate surface area is 134 Å². The minimum Gasteiger partial charge on any atom is -0.479 e. The molecule has 0 radical (unpaired) electrons. The van der Waals surface area contributed by atoms with E-state index in [1.54, 1.807) is 0 Å². The molecule has 0 aliphatic heterocycles. The molecule has 0 saturated heterocycles. The summed E-state index contributed by atoms with van der Waals surface area (Å²) in [6, 6.07) is 9.88. The third kappa shape index (κ3) is 5.32. The first kappa shape index (κ1) is 18.5. The fourth-order valence-electron chi connectivity index (χ4n) is 2.51. The van der Waals surface area contributed by atoms with Crippen molar-refractivity contribution in [3.8, 4) is 11.8 Å². The fourth-order valence-corrected chi connectivity index (χ4v) is 2.51. The standard InChI is InChI=1S/C18H28N2O2/c1-13(2)17(21)18(4,5)12-20-14(3)15-6-8-16(9-7-15)22-11-10-19/h6-9,13-14,17,20-21H,11-12H2,1-5H3. The Balaban J connectivity index is 2.58. The minimum absolute atomic E-state index is 0.0639. The first-order valence-electron chi connectivity index (χ1n) is 7.79. The SMILES string of the molecule is CC(NCC(C)(C)C(O)C(C)C)c1ccc(OCC#N)cc1. The van der Waals surface area contributed by atoms with Gasteiger partial charge in [0.15, 0.2) is 6.61 Å². The second-order valence-corrected chi connectivity index (χ2v) is 6.80. The summed E-state index contributed by atoms with van der Waals surface area (Å²) in [7, 11) is 0. The lowest BCUT2D eigenvalue weighted by molar-refractivity contribution is 0.0124. The van der Waals surface area contributed by atoms with Gasteiger partial charge in [-0.2, -0.15) is 5.26 Å². The van der Waals surface area contributed by atoms with E-state index in [1.807, 2.05) is 44.2 Å². The maximum Gasteiger partial charge on any atom is 0.174 e. The van der Waals surface area contributed by atoms with Crippen LogP contribution in [-0.2, 0) is 0 Å². The van der Waals surface area contributed by atoms with Gasteiger partial charge in [-0.05, 0) is 30.5 Å². The molecule has 0 saturated carbocycles. The van der Waals surface area contributed by atoms with Crippen LogP contribution < -0.4 is 10.1 Å². The topological polar surface area (TPSA) is 65.3 Å². The van der Waals surface area contributed by atoms with Crippen molar-refractivity contribution in [2.45, 2.75) is 46.8 Å². The average Bonchev–Trinajstić information content (AvgIpc) is 2.50. The first-order chi connectivity index (χ1) is 10.3. The van der Waals surface area contributed by atoms with Gasteiger partial charge in [-0.25, -0.2) is 0 Å². The second kappa shape index (κ2) is 8.17. The summed E-state index contributed by atoms with van der Waals surface area (Å²) in [4.78, 5) is 0. The van der Waals surface area contributed by atoms with Crippen LogP contribution in [0.1, 0.15) is 46.2 Å². The minimum atomic E-state index is -0.339. The van der Waals surface area contributed by atoms with Gasteiger partial charge in [-0.15, -0.1) is 0 Å². The fraction of sp³-hybridized carbons (Fsp3) is 0.611. The quantitative estimate of drug-likeness (QED) is 0.773. The lowest BCUT2D eigenvalue weighted by atomic mass is 9.80. The molecule has 0 heterocycles. The van der Waals surface area contributed by atoms with Crippen molar-refractivity contribution < 1.29 is 9.84 Å². The van der Waals surface area contributed by atoms with Crippen molar-refractivity contribution in [3.63, 3.8) is 0 Å². The molecular weight excluding hydrogens is 276 g/mol. The average molecular weight is 304 g/mol. The third-order valence-electron chi connectivity index (χ3n) is 3.98. The molecule has 1 rings (SSSR count). The van der Waals surface area contributed by atoms with Crippen LogP contribution in [0.2, 0.25) is 0 Å². The molecule has 122 valence electrons. The number of hydrogen-bond donors (Lipinski definition) is 2. The van der Waals surface area contributed by atoms with Gasteiger partial charge in [0.05, 0.1) is 6.10 Å². The monoisotopic (exact) mass is 304 g/mol. The van der Waals surface area contributed by atoms with Gasteiger partial charge in [0, 0.05) is 18.0 Å². The zero-order valence-corrected chi connectivity index (χ0v) is 14.3. The molecule has 4 nitrogen and oxygen atoms in total. The molecule has 0 bridgehead atoms. The number of ether oxygens (including phenoxy) is 1. The zero-order valence-electron chi connectivity index (χ0n) is 14.3. The largest absolute Gasteiger partial charge is 0.479 e. The van der Waals surface area contributed by atoms with Crippen molar-refractivity contribution in [3.05, 3.63) is 29.8 Å². The van der Waals surface area contributed by atoms with Gasteiger partial charge in [-0.3, -0.25) is 0 Å². The number of rotatable bonds is 8. The van der Waals surface area contributed by atoms with Crippen molar-refractivity contribution in [2.24, 2.45) is 11.3 Å². The van der Waals surface area contributed by atoms with E-state index in [0.717, 1.165) is 12.1 Å². The van der Waals surface area contributed by atoms with Crippen LogP contribution in [0.4, 0.5) is 0 Å². The third-order valence-corrected chi connectivity index (χ3v) is 3.98. The molecule has 1 aromatic carbocycles. The predicted octanol–water partition coefficient (Wildman–Crippen LogP) is 3.28. The highest BCUT2D eigenvalue weighted by Crippen LogP contribution is 2.26. The van der Waals surface area contributed by atoms with E-state index >= 15 is 0 Å². The molecule has 2 unspecified atom stereocenters. The van der Waals surface area contributed by atoms with Gasteiger partial charge in [0.1, 0.15) is 11.8 Å². The van der Waals surface area contributed by atoms with Crippen LogP contribution in [0.3, 0.4) is 0 Å². The van der Waals surface area contributed by atoms with Crippen LogP contribution in [0.5, 0.6) is 5.75 Å². The van der Waals surface area contributed by atoms with E-state index in [9.17, 15) is 5.11 Å². The van der Waals surface area contributed by atoms with E-state index < -0.39 is 0 Å². The maximum absolute atomic E-state index is 10.3. The smallest absolute Gasteiger partial charge is 0.174 e. The highest BCUT2D eigenvalue weighted by atomic mass is 16.5. The molecule has 0 spiro atoms. The van der Waals surface area contributed by atoms with Gasteiger partial charge in [0.25, 0.3) is 0 Å². The summed E-state index contributed by atoms with van der Waals surface area (Å²) in [5.74, 6) is 0.941. The number of nitrogens with one attached hydrogen (secondary N) is 1. The Morgan fingerprint density at radius 2 is 1.82 bits per heavy atom. The van der Waals surface area contributed by atoms with E-state index in [2.05, 4.69) is 26.1 Å². The Hall–Kier alpha value is -1.57. The lowest BCUT2D eigenvalue weighted by Crippen LogP contribution is -2.42. The molecule has 0 aliphatic carbocycles. The molecule has 0 amide bonds. The zero-order chi connectivity index (χ0) is 16.8. The van der Waals surface area contributed by atoms with Crippen LogP contribution in [0.25, 0.3) is 0 Å². The summed E-state index contributed by atoms with van der Waals surface area (Å²) in [5.41, 5.74) is 0.970. The number of aliphatic hydroxyl groups excluding tert-OH is 1. The first-order valence-corrected chi connectivity index (χ1v) is 7.79. The normalized spacial score (nSPS) is 14.5. The Kier molecular flexibility index (Phi) is 6.86. The van der Waals surface area contributed by atoms with Crippen LogP contribution in [-0.4, -0.2) is 24.4 Å². The summed E-state index contributed by atoms with van der Waals surface area (Å²) in [6.45, 7) is 11.1. The number of aliphatic hydroxyl groups is 1. The lowest BCUT2D eigenvalue weighted by Gasteiger charge is -2.34. The maximum atomic E-state index is 10.3. The highest BCUT2D eigenvalue weighted by molar-refractivity contribution is 5.29. The predicted molar refractivity (Wildman–Crippen MR) is 88.6 cm³/mol. The number of nitriles is 1. The molecule has 1 aromatic rings. The Morgan fingerprint density at radius 1 is 1.23 bits per heavy atom. The molecular formula is C18H28N2O2. The van der Waals surface area contributed by atoms with Gasteiger partial charge in [0.2, 0.25) is 0 Å². The molecule has 22 heavy (non-hydrogen) atoms. The van der Waals surface area contributed by atoms with E-state index in [0.29, 0.717) is 5.75 Å². The highest BCUT2D eigenvalue weighted by Gasteiger charge is 2.30. The van der Waals surface area contributed by atoms with Crippen molar-refractivity contribution >= 4 is 0 Å². The van der Waals surface area contributed by atoms with Crippen LogP contribution in [0.15, 0.2) is 24.3 Å². The second-order valence-electron chi connectivity index (χ2n) is 6.80. The molecule has 4 heteroatoms. The van der Waals surface area contributed by atoms with Crippen molar-refractivity contribution in [1.29, 1.82) is 5.26 Å². The number of benzene rings is 1. The summed E-state index contributed by atoms with van der Waals surface area (Å²) < 4.78 is 5.25. The summed E-state index contributed by atoms with van der Waals surface area (Å²) >= 11 is 0.